The summed E-state index contributed by atoms with van der Waals surface area (Å²) >= 11 is 0. The summed E-state index contributed by atoms with van der Waals surface area (Å²) in [5, 5.41) is 4.59. The molecule has 3 rings (SSSR count). The predicted molar refractivity (Wildman–Crippen MR) is 91.3 cm³/mol. The first-order chi connectivity index (χ1) is 11.5. The van der Waals surface area contributed by atoms with Gasteiger partial charge < -0.3 is 10.6 Å². The van der Waals surface area contributed by atoms with E-state index in [0.717, 1.165) is 17.5 Å². The van der Waals surface area contributed by atoms with Crippen LogP contribution in [-0.4, -0.2) is 39.6 Å². The zero-order valence-corrected chi connectivity index (χ0v) is 13.6. The lowest BCUT2D eigenvalue weighted by Crippen LogP contribution is -2.27. The monoisotopic (exact) mass is 324 g/mol. The molecule has 0 unspecified atom stereocenters. The Kier molecular flexibility index (Phi) is 4.20. The van der Waals surface area contributed by atoms with E-state index in [-0.39, 0.29) is 11.9 Å². The number of carbonyl (C=O) groups is 2. The number of primary amides is 1. The Labute approximate surface area is 140 Å². The number of hydrogen-bond donors (Lipinski definition) is 1. The molecule has 1 aromatic heterocycles. The summed E-state index contributed by atoms with van der Waals surface area (Å²) in [7, 11) is 0. The summed E-state index contributed by atoms with van der Waals surface area (Å²) in [6.07, 6.45) is 3.79. The topological polar surface area (TPSA) is 81.2 Å². The van der Waals surface area contributed by atoms with Gasteiger partial charge in [0.25, 0.3) is 5.91 Å². The summed E-state index contributed by atoms with van der Waals surface area (Å²) in [5.41, 5.74) is 8.48. The predicted octanol–water partition coefficient (Wildman–Crippen LogP) is 1.92. The van der Waals surface area contributed by atoms with E-state index in [2.05, 4.69) is 11.7 Å². The molecule has 0 spiro atoms. The maximum Gasteiger partial charge on any atom is 0.252 e. The van der Waals surface area contributed by atoms with Crippen molar-refractivity contribution in [2.75, 3.05) is 13.1 Å². The normalized spacial score (nSPS) is 17.0. The van der Waals surface area contributed by atoms with E-state index in [1.807, 2.05) is 31.2 Å². The molecule has 6 nitrogen and oxygen atoms in total. The standard InChI is InChI=1S/C18H20N4O2/c1-3-16(23)21-9-8-14(10-21)22-11-15(18(19)24)17(20-22)13-6-4-12(2)5-7-13/h3-7,11,14H,1,8-10H2,2H3,(H2,19,24)/t14-/m0/s1. The Morgan fingerprint density at radius 1 is 1.33 bits per heavy atom. The van der Waals surface area contributed by atoms with E-state index in [4.69, 9.17) is 5.73 Å². The molecule has 0 saturated carbocycles. The number of nitrogens with two attached hydrogens (primary N) is 1. The van der Waals surface area contributed by atoms with Crippen molar-refractivity contribution in [3.8, 4) is 11.3 Å². The summed E-state index contributed by atoms with van der Waals surface area (Å²) in [5.74, 6) is -0.590. The van der Waals surface area contributed by atoms with E-state index in [0.29, 0.717) is 24.3 Å². The molecule has 0 radical (unpaired) electrons. The Morgan fingerprint density at radius 2 is 2.04 bits per heavy atom. The second-order valence-electron chi connectivity index (χ2n) is 6.03. The van der Waals surface area contributed by atoms with Crippen molar-refractivity contribution >= 4 is 11.8 Å². The van der Waals surface area contributed by atoms with Crippen molar-refractivity contribution in [1.29, 1.82) is 0 Å². The number of rotatable bonds is 4. The van der Waals surface area contributed by atoms with Crippen LogP contribution in [0, 0.1) is 6.92 Å². The fraction of sp³-hybridized carbons (Fsp3) is 0.278. The second kappa shape index (κ2) is 6.31. The number of aryl methyl sites for hydroxylation is 1. The van der Waals surface area contributed by atoms with Crippen LogP contribution in [-0.2, 0) is 4.79 Å². The molecule has 2 N–H and O–H groups in total. The highest BCUT2D eigenvalue weighted by atomic mass is 16.2. The smallest absolute Gasteiger partial charge is 0.252 e. The zero-order chi connectivity index (χ0) is 17.3. The quantitative estimate of drug-likeness (QED) is 0.872. The van der Waals surface area contributed by atoms with Gasteiger partial charge >= 0.3 is 0 Å². The maximum absolute atomic E-state index is 11.8. The van der Waals surface area contributed by atoms with Crippen LogP contribution >= 0.6 is 0 Å². The minimum absolute atomic E-state index is 0.0335. The molecule has 1 atom stereocenters. The van der Waals surface area contributed by atoms with Crippen molar-refractivity contribution in [1.82, 2.24) is 14.7 Å². The number of likely N-dealkylation sites (tertiary alicyclic amines) is 1. The summed E-state index contributed by atoms with van der Waals surface area (Å²) in [6.45, 7) is 6.72. The fourth-order valence-electron chi connectivity index (χ4n) is 2.97. The first kappa shape index (κ1) is 16.0. The molecule has 1 aliphatic rings. The molecule has 0 aliphatic carbocycles. The largest absolute Gasteiger partial charge is 0.365 e. The SMILES string of the molecule is C=CC(=O)N1CC[C@H](n2cc(C(N)=O)c(-c3ccc(C)cc3)n2)C1. The average molecular weight is 324 g/mol. The highest BCUT2D eigenvalue weighted by Gasteiger charge is 2.28. The number of amides is 2. The molecule has 2 amide bonds. The van der Waals surface area contributed by atoms with Crippen LogP contribution in [0.2, 0.25) is 0 Å². The molecule has 124 valence electrons. The van der Waals surface area contributed by atoms with Gasteiger partial charge in [-0.2, -0.15) is 5.10 Å². The summed E-state index contributed by atoms with van der Waals surface area (Å²) in [4.78, 5) is 25.3. The van der Waals surface area contributed by atoms with Gasteiger partial charge in [0.15, 0.2) is 0 Å². The Hall–Kier alpha value is -2.89. The van der Waals surface area contributed by atoms with E-state index in [9.17, 15) is 9.59 Å². The first-order valence-electron chi connectivity index (χ1n) is 7.87. The van der Waals surface area contributed by atoms with Gasteiger partial charge in [-0.25, -0.2) is 0 Å². The number of aromatic nitrogens is 2. The molecular weight excluding hydrogens is 304 g/mol. The average Bonchev–Trinajstić information content (AvgIpc) is 3.21. The van der Waals surface area contributed by atoms with Crippen LogP contribution in [0.4, 0.5) is 0 Å². The maximum atomic E-state index is 11.8. The molecule has 2 aromatic rings. The van der Waals surface area contributed by atoms with Crippen molar-refractivity contribution < 1.29 is 9.59 Å². The van der Waals surface area contributed by atoms with Crippen molar-refractivity contribution in [2.24, 2.45) is 5.73 Å². The Morgan fingerprint density at radius 3 is 2.67 bits per heavy atom. The third-order valence-corrected chi connectivity index (χ3v) is 4.35. The van der Waals surface area contributed by atoms with E-state index in [1.54, 1.807) is 15.8 Å². The number of benzene rings is 1. The van der Waals surface area contributed by atoms with Gasteiger partial charge in [-0.1, -0.05) is 36.4 Å². The lowest BCUT2D eigenvalue weighted by atomic mass is 10.1. The molecule has 0 bridgehead atoms. The van der Waals surface area contributed by atoms with Crippen molar-refractivity contribution in [3.05, 3.63) is 54.2 Å². The lowest BCUT2D eigenvalue weighted by Gasteiger charge is -2.14. The molecular formula is C18H20N4O2. The van der Waals surface area contributed by atoms with Crippen molar-refractivity contribution in [3.63, 3.8) is 0 Å². The fourth-order valence-corrected chi connectivity index (χ4v) is 2.97. The third-order valence-electron chi connectivity index (χ3n) is 4.35. The van der Waals surface area contributed by atoms with Crippen molar-refractivity contribution in [2.45, 2.75) is 19.4 Å². The lowest BCUT2D eigenvalue weighted by molar-refractivity contribution is -0.125. The molecule has 2 heterocycles. The number of nitrogens with zero attached hydrogens (tertiary/aromatic N) is 3. The van der Waals surface area contributed by atoms with Gasteiger partial charge in [0.1, 0.15) is 5.69 Å². The molecule has 1 fully saturated rings. The van der Waals surface area contributed by atoms with E-state index >= 15 is 0 Å². The van der Waals surface area contributed by atoms with Crippen LogP contribution in [0.25, 0.3) is 11.3 Å². The minimum atomic E-state index is -0.506. The second-order valence-corrected chi connectivity index (χ2v) is 6.03. The molecule has 1 aromatic carbocycles. The molecule has 1 saturated heterocycles. The number of hydrogen-bond acceptors (Lipinski definition) is 3. The van der Waals surface area contributed by atoms with Gasteiger partial charge in [0, 0.05) is 24.8 Å². The first-order valence-corrected chi connectivity index (χ1v) is 7.87. The molecule has 6 heteroatoms. The number of carbonyl (C=O) groups excluding carboxylic acids is 2. The minimum Gasteiger partial charge on any atom is -0.365 e. The van der Waals surface area contributed by atoms with E-state index < -0.39 is 5.91 Å². The van der Waals surface area contributed by atoms with Crippen LogP contribution in [0.5, 0.6) is 0 Å². The highest BCUT2D eigenvalue weighted by molar-refractivity contribution is 5.98. The highest BCUT2D eigenvalue weighted by Crippen LogP contribution is 2.27. The zero-order valence-electron chi connectivity index (χ0n) is 13.6. The summed E-state index contributed by atoms with van der Waals surface area (Å²) in [6, 6.07) is 7.83. The van der Waals surface area contributed by atoms with Crippen LogP contribution in [0.1, 0.15) is 28.4 Å². The van der Waals surface area contributed by atoms with Crippen LogP contribution in [0.15, 0.2) is 43.1 Å². The Balaban J connectivity index is 1.92. The van der Waals surface area contributed by atoms with Gasteiger partial charge in [-0.3, -0.25) is 14.3 Å². The van der Waals surface area contributed by atoms with Gasteiger partial charge in [-0.15, -0.1) is 0 Å². The molecule has 24 heavy (non-hydrogen) atoms. The molecule has 1 aliphatic heterocycles. The van der Waals surface area contributed by atoms with Crippen LogP contribution < -0.4 is 5.73 Å². The van der Waals surface area contributed by atoms with Gasteiger partial charge in [0.2, 0.25) is 5.91 Å². The van der Waals surface area contributed by atoms with Crippen LogP contribution in [0.3, 0.4) is 0 Å². The van der Waals surface area contributed by atoms with Gasteiger partial charge in [0.05, 0.1) is 11.6 Å². The Bertz CT molecular complexity index is 792. The van der Waals surface area contributed by atoms with E-state index in [1.165, 1.54) is 6.08 Å². The van der Waals surface area contributed by atoms with Gasteiger partial charge in [-0.05, 0) is 19.4 Å². The third kappa shape index (κ3) is 2.95. The summed E-state index contributed by atoms with van der Waals surface area (Å²) < 4.78 is 1.76.